The van der Waals surface area contributed by atoms with Crippen LogP contribution in [0.1, 0.15) is 41.3 Å². The average Bonchev–Trinajstić information content (AvgIpc) is 2.67. The molecule has 3 aromatic carbocycles. The van der Waals surface area contributed by atoms with Crippen LogP contribution in [0.2, 0.25) is 0 Å². The Kier molecular flexibility index (Phi) is 5.22. The van der Waals surface area contributed by atoms with Crippen LogP contribution in [0.4, 0.5) is 0 Å². The molecule has 0 aromatic heterocycles. The van der Waals surface area contributed by atoms with Gasteiger partial charge in [0.05, 0.1) is 0 Å². The van der Waals surface area contributed by atoms with Gasteiger partial charge >= 0.3 is 0 Å². The lowest BCUT2D eigenvalue weighted by atomic mass is 9.98. The van der Waals surface area contributed by atoms with Gasteiger partial charge in [0.25, 0.3) is 0 Å². The molecule has 1 nitrogen and oxygen atoms in total. The Morgan fingerprint density at radius 1 is 0.708 bits per heavy atom. The van der Waals surface area contributed by atoms with Crippen molar-refractivity contribution in [2.24, 2.45) is 0 Å². The fourth-order valence-electron chi connectivity index (χ4n) is 2.82. The first-order valence-corrected chi connectivity index (χ1v) is 8.57. The van der Waals surface area contributed by atoms with Crippen LogP contribution in [-0.2, 0) is 6.42 Å². The van der Waals surface area contributed by atoms with Crippen molar-refractivity contribution in [1.82, 2.24) is 0 Å². The topological polar surface area (TPSA) is 17.1 Å². The molecule has 0 spiro atoms. The standard InChI is InChI=1S/C23H22O/c1-2-3-7-18-10-12-19(13-11-18)20-14-16-22(17-15-20)23(24)21-8-5-4-6-9-21/h4-6,8-17H,2-3,7H2,1H3. The summed E-state index contributed by atoms with van der Waals surface area (Å²) in [6, 6.07) is 26.0. The first kappa shape index (κ1) is 16.2. The number of carbonyl (C=O) groups excluding carboxylic acids is 1. The molecule has 0 fully saturated rings. The van der Waals surface area contributed by atoms with Crippen molar-refractivity contribution >= 4 is 5.78 Å². The zero-order valence-electron chi connectivity index (χ0n) is 14.0. The molecule has 0 saturated carbocycles. The number of benzene rings is 3. The Labute approximate surface area is 144 Å². The van der Waals surface area contributed by atoms with E-state index in [0.717, 1.165) is 23.1 Å². The molecule has 0 heterocycles. The van der Waals surface area contributed by atoms with Crippen molar-refractivity contribution in [3.63, 3.8) is 0 Å². The molecule has 0 amide bonds. The first-order valence-electron chi connectivity index (χ1n) is 8.57. The van der Waals surface area contributed by atoms with Gasteiger partial charge in [0.1, 0.15) is 0 Å². The van der Waals surface area contributed by atoms with Gasteiger partial charge in [-0.25, -0.2) is 0 Å². The molecule has 0 aliphatic heterocycles. The van der Waals surface area contributed by atoms with Crippen LogP contribution in [0.5, 0.6) is 0 Å². The second kappa shape index (κ2) is 7.74. The van der Waals surface area contributed by atoms with Crippen LogP contribution in [0.3, 0.4) is 0 Å². The van der Waals surface area contributed by atoms with Crippen LogP contribution >= 0.6 is 0 Å². The molecule has 0 bridgehead atoms. The summed E-state index contributed by atoms with van der Waals surface area (Å²) in [6.07, 6.45) is 3.59. The van der Waals surface area contributed by atoms with Crippen molar-refractivity contribution in [2.45, 2.75) is 26.2 Å². The maximum absolute atomic E-state index is 12.4. The van der Waals surface area contributed by atoms with Gasteiger partial charge in [-0.1, -0.05) is 92.2 Å². The van der Waals surface area contributed by atoms with E-state index in [1.807, 2.05) is 54.6 Å². The fraction of sp³-hybridized carbons (Fsp3) is 0.174. The van der Waals surface area contributed by atoms with Crippen molar-refractivity contribution < 1.29 is 4.79 Å². The van der Waals surface area contributed by atoms with Crippen molar-refractivity contribution in [3.05, 3.63) is 95.6 Å². The predicted octanol–water partition coefficient (Wildman–Crippen LogP) is 5.93. The second-order valence-electron chi connectivity index (χ2n) is 6.07. The molecule has 0 unspecified atom stereocenters. The highest BCUT2D eigenvalue weighted by Crippen LogP contribution is 2.22. The molecule has 120 valence electrons. The molecular weight excluding hydrogens is 292 g/mol. The van der Waals surface area contributed by atoms with Crippen molar-refractivity contribution in [1.29, 1.82) is 0 Å². The quantitative estimate of drug-likeness (QED) is 0.516. The van der Waals surface area contributed by atoms with Gasteiger partial charge in [-0.15, -0.1) is 0 Å². The van der Waals surface area contributed by atoms with Gasteiger partial charge in [0, 0.05) is 11.1 Å². The summed E-state index contributed by atoms with van der Waals surface area (Å²) in [5.74, 6) is 0.0667. The monoisotopic (exact) mass is 314 g/mol. The number of hydrogen-bond acceptors (Lipinski definition) is 1. The number of aryl methyl sites for hydroxylation is 1. The van der Waals surface area contributed by atoms with Crippen molar-refractivity contribution in [3.8, 4) is 11.1 Å². The van der Waals surface area contributed by atoms with E-state index in [4.69, 9.17) is 0 Å². The number of rotatable bonds is 6. The molecule has 0 atom stereocenters. The first-order chi connectivity index (χ1) is 11.8. The molecule has 0 N–H and O–H groups in total. The second-order valence-corrected chi connectivity index (χ2v) is 6.07. The van der Waals surface area contributed by atoms with Gasteiger partial charge in [0.15, 0.2) is 5.78 Å². The lowest BCUT2D eigenvalue weighted by molar-refractivity contribution is 0.103. The number of unbranched alkanes of at least 4 members (excludes halogenated alkanes) is 1. The van der Waals surface area contributed by atoms with Crippen LogP contribution in [0, 0.1) is 0 Å². The largest absolute Gasteiger partial charge is 0.289 e. The molecule has 3 rings (SSSR count). The summed E-state index contributed by atoms with van der Waals surface area (Å²) in [7, 11) is 0. The molecule has 1 heteroatoms. The summed E-state index contributed by atoms with van der Waals surface area (Å²) in [5.41, 5.74) is 5.17. The van der Waals surface area contributed by atoms with Crippen LogP contribution in [0.25, 0.3) is 11.1 Å². The average molecular weight is 314 g/mol. The Bertz CT molecular complexity index is 784. The zero-order valence-corrected chi connectivity index (χ0v) is 14.0. The zero-order chi connectivity index (χ0) is 16.8. The van der Waals surface area contributed by atoms with E-state index in [0.29, 0.717) is 0 Å². The predicted molar refractivity (Wildman–Crippen MR) is 100 cm³/mol. The highest BCUT2D eigenvalue weighted by molar-refractivity contribution is 6.09. The third-order valence-electron chi connectivity index (χ3n) is 4.29. The Morgan fingerprint density at radius 2 is 1.25 bits per heavy atom. The maximum Gasteiger partial charge on any atom is 0.193 e. The number of hydrogen-bond donors (Lipinski definition) is 0. The molecule has 0 aliphatic carbocycles. The molecule has 0 saturated heterocycles. The van der Waals surface area contributed by atoms with E-state index < -0.39 is 0 Å². The third kappa shape index (κ3) is 3.80. The van der Waals surface area contributed by atoms with Crippen LogP contribution in [0.15, 0.2) is 78.9 Å². The van der Waals surface area contributed by atoms with E-state index in [2.05, 4.69) is 31.2 Å². The smallest absolute Gasteiger partial charge is 0.193 e. The molecule has 0 radical (unpaired) electrons. The summed E-state index contributed by atoms with van der Waals surface area (Å²) >= 11 is 0. The molecule has 3 aromatic rings. The molecule has 0 aliphatic rings. The number of ketones is 1. The van der Waals surface area contributed by atoms with E-state index in [1.54, 1.807) is 0 Å². The van der Waals surface area contributed by atoms with Gasteiger partial charge in [-0.3, -0.25) is 4.79 Å². The third-order valence-corrected chi connectivity index (χ3v) is 4.29. The lowest BCUT2D eigenvalue weighted by Gasteiger charge is -2.06. The summed E-state index contributed by atoms with van der Waals surface area (Å²) in [4.78, 5) is 12.4. The number of carbonyl (C=O) groups is 1. The SMILES string of the molecule is CCCCc1ccc(-c2ccc(C(=O)c3ccccc3)cc2)cc1. The highest BCUT2D eigenvalue weighted by atomic mass is 16.1. The van der Waals surface area contributed by atoms with Gasteiger partial charge in [0.2, 0.25) is 0 Å². The highest BCUT2D eigenvalue weighted by Gasteiger charge is 2.08. The van der Waals surface area contributed by atoms with Crippen LogP contribution in [-0.4, -0.2) is 5.78 Å². The van der Waals surface area contributed by atoms with Gasteiger partial charge < -0.3 is 0 Å². The van der Waals surface area contributed by atoms with E-state index in [-0.39, 0.29) is 5.78 Å². The Balaban J connectivity index is 1.76. The summed E-state index contributed by atoms with van der Waals surface area (Å²) < 4.78 is 0. The van der Waals surface area contributed by atoms with Crippen LogP contribution < -0.4 is 0 Å². The molecule has 24 heavy (non-hydrogen) atoms. The minimum Gasteiger partial charge on any atom is -0.289 e. The van der Waals surface area contributed by atoms with E-state index >= 15 is 0 Å². The normalized spacial score (nSPS) is 10.5. The van der Waals surface area contributed by atoms with Gasteiger partial charge in [-0.2, -0.15) is 0 Å². The van der Waals surface area contributed by atoms with Crippen molar-refractivity contribution in [2.75, 3.05) is 0 Å². The van der Waals surface area contributed by atoms with E-state index in [1.165, 1.54) is 24.0 Å². The Hall–Kier alpha value is -2.67. The minimum absolute atomic E-state index is 0.0667. The minimum atomic E-state index is 0.0667. The summed E-state index contributed by atoms with van der Waals surface area (Å²) in [6.45, 7) is 2.21. The molecular formula is C23H22O. The Morgan fingerprint density at radius 3 is 1.83 bits per heavy atom. The summed E-state index contributed by atoms with van der Waals surface area (Å²) in [5, 5.41) is 0. The van der Waals surface area contributed by atoms with Gasteiger partial charge in [-0.05, 0) is 29.5 Å². The fourth-order valence-corrected chi connectivity index (χ4v) is 2.82. The lowest BCUT2D eigenvalue weighted by Crippen LogP contribution is -2.00. The van der Waals surface area contributed by atoms with E-state index in [9.17, 15) is 4.79 Å². The maximum atomic E-state index is 12.4.